The molecule has 1 fully saturated rings. The van der Waals surface area contributed by atoms with Gasteiger partial charge in [-0.2, -0.15) is 0 Å². The van der Waals surface area contributed by atoms with Gasteiger partial charge in [-0.25, -0.2) is 0 Å². The Morgan fingerprint density at radius 1 is 1.44 bits per heavy atom. The van der Waals surface area contributed by atoms with Crippen LogP contribution >= 0.6 is 0 Å². The molecule has 0 saturated heterocycles. The van der Waals surface area contributed by atoms with Crippen LogP contribution in [0.4, 0.5) is 5.69 Å². The number of aldehydes is 1. The molecule has 3 heteroatoms. The fraction of sp³-hybridized carbons (Fsp3) is 0.533. The first-order chi connectivity index (χ1) is 8.76. The Kier molecular flexibility index (Phi) is 4.37. The molecule has 1 aliphatic carbocycles. The Hall–Kier alpha value is -1.35. The molecule has 0 unspecified atom stereocenters. The van der Waals surface area contributed by atoms with E-state index in [0.29, 0.717) is 6.04 Å². The molecule has 0 aromatic heterocycles. The predicted molar refractivity (Wildman–Crippen MR) is 73.3 cm³/mol. The summed E-state index contributed by atoms with van der Waals surface area (Å²) in [5.74, 6) is 0. The van der Waals surface area contributed by atoms with Gasteiger partial charge in [0.05, 0.1) is 0 Å². The minimum atomic E-state index is 0.200. The number of carbonyl (C=O) groups excluding carboxylic acids is 1. The third kappa shape index (κ3) is 2.72. The van der Waals surface area contributed by atoms with Crippen molar-refractivity contribution in [2.75, 3.05) is 18.1 Å². The molecule has 0 radical (unpaired) electrons. The van der Waals surface area contributed by atoms with Gasteiger partial charge in [-0.1, -0.05) is 11.6 Å². The molecule has 3 nitrogen and oxygen atoms in total. The number of hydrogen-bond donors (Lipinski definition) is 1. The highest BCUT2D eigenvalue weighted by atomic mass is 16.3. The zero-order valence-electron chi connectivity index (χ0n) is 10.9. The van der Waals surface area contributed by atoms with E-state index >= 15 is 0 Å². The summed E-state index contributed by atoms with van der Waals surface area (Å²) in [7, 11) is 0. The van der Waals surface area contributed by atoms with Crippen molar-refractivity contribution in [2.45, 2.75) is 38.6 Å². The van der Waals surface area contributed by atoms with Crippen molar-refractivity contribution >= 4 is 12.0 Å². The third-order valence-electron chi connectivity index (χ3n) is 3.69. The van der Waals surface area contributed by atoms with Crippen LogP contribution in [0.2, 0.25) is 0 Å². The van der Waals surface area contributed by atoms with Crippen LogP contribution in [0, 0.1) is 6.92 Å². The maximum Gasteiger partial charge on any atom is 0.152 e. The summed E-state index contributed by atoms with van der Waals surface area (Å²) in [4.78, 5) is 13.5. The molecule has 0 amide bonds. The van der Waals surface area contributed by atoms with Crippen molar-refractivity contribution < 1.29 is 9.90 Å². The molecular weight excluding hydrogens is 226 g/mol. The van der Waals surface area contributed by atoms with E-state index in [1.54, 1.807) is 0 Å². The second-order valence-corrected chi connectivity index (χ2v) is 5.04. The van der Waals surface area contributed by atoms with Gasteiger partial charge in [0.15, 0.2) is 6.29 Å². The Bertz CT molecular complexity index is 413. The van der Waals surface area contributed by atoms with Crippen LogP contribution < -0.4 is 4.90 Å². The maximum atomic E-state index is 11.2. The number of benzene rings is 1. The largest absolute Gasteiger partial charge is 0.396 e. The second-order valence-electron chi connectivity index (χ2n) is 5.04. The lowest BCUT2D eigenvalue weighted by molar-refractivity contribution is 0.112. The van der Waals surface area contributed by atoms with Gasteiger partial charge in [-0.15, -0.1) is 0 Å². The molecule has 1 saturated carbocycles. The van der Waals surface area contributed by atoms with E-state index in [9.17, 15) is 4.79 Å². The lowest BCUT2D eigenvalue weighted by Crippen LogP contribution is -2.41. The van der Waals surface area contributed by atoms with Gasteiger partial charge < -0.3 is 10.0 Å². The lowest BCUT2D eigenvalue weighted by Gasteiger charge is -2.40. The third-order valence-corrected chi connectivity index (χ3v) is 3.69. The SMILES string of the molecule is Cc1ccc(N(CCCO)C2CCC2)c(C=O)c1. The molecular formula is C15H21NO2. The van der Waals surface area contributed by atoms with Crippen LogP contribution in [0.15, 0.2) is 18.2 Å². The number of aliphatic hydroxyl groups is 1. The first kappa shape index (κ1) is 13.1. The highest BCUT2D eigenvalue weighted by molar-refractivity contribution is 5.85. The minimum absolute atomic E-state index is 0.200. The molecule has 1 aromatic carbocycles. The van der Waals surface area contributed by atoms with Crippen molar-refractivity contribution in [2.24, 2.45) is 0 Å². The molecule has 2 rings (SSSR count). The lowest BCUT2D eigenvalue weighted by atomic mass is 9.90. The predicted octanol–water partition coefficient (Wildman–Crippen LogP) is 2.55. The zero-order chi connectivity index (χ0) is 13.0. The number of aliphatic hydroxyl groups excluding tert-OH is 1. The highest BCUT2D eigenvalue weighted by Crippen LogP contribution is 2.31. The van der Waals surface area contributed by atoms with E-state index in [0.717, 1.165) is 36.1 Å². The van der Waals surface area contributed by atoms with Gasteiger partial charge in [0.2, 0.25) is 0 Å². The van der Waals surface area contributed by atoms with Crippen LogP contribution in [-0.4, -0.2) is 30.6 Å². The summed E-state index contributed by atoms with van der Waals surface area (Å²) in [5.41, 5.74) is 2.89. The van der Waals surface area contributed by atoms with Gasteiger partial charge in [-0.3, -0.25) is 4.79 Å². The van der Waals surface area contributed by atoms with Crippen molar-refractivity contribution in [1.82, 2.24) is 0 Å². The van der Waals surface area contributed by atoms with E-state index < -0.39 is 0 Å². The van der Waals surface area contributed by atoms with E-state index in [-0.39, 0.29) is 6.61 Å². The normalized spacial score (nSPS) is 15.2. The molecule has 0 bridgehead atoms. The quantitative estimate of drug-likeness (QED) is 0.785. The number of aryl methyl sites for hydroxylation is 1. The summed E-state index contributed by atoms with van der Waals surface area (Å²) >= 11 is 0. The monoisotopic (exact) mass is 247 g/mol. The Labute approximate surface area is 108 Å². The molecule has 0 spiro atoms. The van der Waals surface area contributed by atoms with Crippen molar-refractivity contribution in [3.05, 3.63) is 29.3 Å². The molecule has 0 atom stereocenters. The molecule has 0 heterocycles. The number of hydrogen-bond acceptors (Lipinski definition) is 3. The maximum absolute atomic E-state index is 11.2. The van der Waals surface area contributed by atoms with Crippen LogP contribution in [-0.2, 0) is 0 Å². The van der Waals surface area contributed by atoms with Crippen LogP contribution in [0.3, 0.4) is 0 Å². The molecule has 18 heavy (non-hydrogen) atoms. The van der Waals surface area contributed by atoms with Crippen molar-refractivity contribution in [3.8, 4) is 0 Å². The van der Waals surface area contributed by atoms with Gasteiger partial charge in [0, 0.05) is 30.4 Å². The average molecular weight is 247 g/mol. The molecule has 1 aliphatic rings. The topological polar surface area (TPSA) is 40.5 Å². The fourth-order valence-corrected chi connectivity index (χ4v) is 2.47. The van der Waals surface area contributed by atoms with Crippen LogP contribution in [0.25, 0.3) is 0 Å². The molecule has 1 aromatic rings. The first-order valence-electron chi connectivity index (χ1n) is 6.69. The van der Waals surface area contributed by atoms with E-state index in [1.165, 1.54) is 19.3 Å². The minimum Gasteiger partial charge on any atom is -0.396 e. The summed E-state index contributed by atoms with van der Waals surface area (Å²) in [6.07, 6.45) is 5.34. The fourth-order valence-electron chi connectivity index (χ4n) is 2.47. The van der Waals surface area contributed by atoms with E-state index in [4.69, 9.17) is 5.11 Å². The zero-order valence-corrected chi connectivity index (χ0v) is 10.9. The standard InChI is InChI=1S/C15H21NO2/c1-12-6-7-15(13(10-12)11-18)16(8-3-9-17)14-4-2-5-14/h6-7,10-11,14,17H,2-5,8-9H2,1H3. The van der Waals surface area contributed by atoms with E-state index in [1.807, 2.05) is 25.1 Å². The summed E-state index contributed by atoms with van der Waals surface area (Å²) < 4.78 is 0. The Morgan fingerprint density at radius 2 is 2.22 bits per heavy atom. The van der Waals surface area contributed by atoms with Gasteiger partial charge in [-0.05, 0) is 44.7 Å². The molecule has 1 N–H and O–H groups in total. The highest BCUT2D eigenvalue weighted by Gasteiger charge is 2.26. The summed E-state index contributed by atoms with van der Waals surface area (Å²) in [6, 6.07) is 6.56. The number of carbonyl (C=O) groups is 1. The van der Waals surface area contributed by atoms with E-state index in [2.05, 4.69) is 4.90 Å². The van der Waals surface area contributed by atoms with Gasteiger partial charge in [0.25, 0.3) is 0 Å². The van der Waals surface area contributed by atoms with Gasteiger partial charge >= 0.3 is 0 Å². The number of nitrogens with zero attached hydrogens (tertiary/aromatic N) is 1. The number of anilines is 1. The van der Waals surface area contributed by atoms with Crippen LogP contribution in [0.5, 0.6) is 0 Å². The smallest absolute Gasteiger partial charge is 0.152 e. The van der Waals surface area contributed by atoms with Crippen LogP contribution in [0.1, 0.15) is 41.6 Å². The molecule has 98 valence electrons. The summed E-state index contributed by atoms with van der Waals surface area (Å²) in [5, 5.41) is 9.01. The Morgan fingerprint density at radius 3 is 2.78 bits per heavy atom. The number of rotatable bonds is 6. The average Bonchev–Trinajstić information content (AvgIpc) is 2.32. The molecule has 0 aliphatic heterocycles. The van der Waals surface area contributed by atoms with Crippen molar-refractivity contribution in [3.63, 3.8) is 0 Å². The van der Waals surface area contributed by atoms with Gasteiger partial charge in [0.1, 0.15) is 0 Å². The first-order valence-corrected chi connectivity index (χ1v) is 6.69. The van der Waals surface area contributed by atoms with Crippen molar-refractivity contribution in [1.29, 1.82) is 0 Å². The Balaban J connectivity index is 2.25. The summed E-state index contributed by atoms with van der Waals surface area (Å²) in [6.45, 7) is 3.02. The second kappa shape index (κ2) is 6.01.